The van der Waals surface area contributed by atoms with Gasteiger partial charge in [-0.3, -0.25) is 4.79 Å². The van der Waals surface area contributed by atoms with Gasteiger partial charge in [0, 0.05) is 30.0 Å². The van der Waals surface area contributed by atoms with Crippen LogP contribution in [0.3, 0.4) is 0 Å². The summed E-state index contributed by atoms with van der Waals surface area (Å²) in [5.41, 5.74) is 5.55. The van der Waals surface area contributed by atoms with Crippen LogP contribution in [0.4, 0.5) is 0 Å². The third-order valence-corrected chi connectivity index (χ3v) is 4.25. The number of nitrogens with two attached hydrogens (primary N) is 1. The maximum atomic E-state index is 12.0. The summed E-state index contributed by atoms with van der Waals surface area (Å²) < 4.78 is 0. The predicted octanol–water partition coefficient (Wildman–Crippen LogP) is 1.71. The lowest BCUT2D eigenvalue weighted by Crippen LogP contribution is -2.44. The number of hydrogen-bond donors (Lipinski definition) is 1. The molecule has 1 aliphatic heterocycles. The van der Waals surface area contributed by atoms with Gasteiger partial charge in [-0.1, -0.05) is 20.8 Å². The number of nitrogens with zero attached hydrogens (tertiary/aromatic N) is 1. The summed E-state index contributed by atoms with van der Waals surface area (Å²) in [5, 5.41) is 1.14. The Morgan fingerprint density at radius 1 is 1.44 bits per heavy atom. The molecule has 4 heteroatoms. The van der Waals surface area contributed by atoms with Crippen molar-refractivity contribution in [1.82, 2.24) is 4.90 Å². The second-order valence-electron chi connectivity index (χ2n) is 4.94. The number of hydrogen-bond acceptors (Lipinski definition) is 3. The predicted molar refractivity (Wildman–Crippen MR) is 70.5 cm³/mol. The second-order valence-corrected chi connectivity index (χ2v) is 6.82. The van der Waals surface area contributed by atoms with Gasteiger partial charge < -0.3 is 10.6 Å². The zero-order valence-corrected chi connectivity index (χ0v) is 11.4. The van der Waals surface area contributed by atoms with Gasteiger partial charge in [0.2, 0.25) is 5.91 Å². The van der Waals surface area contributed by atoms with Gasteiger partial charge in [0.1, 0.15) is 0 Å². The summed E-state index contributed by atoms with van der Waals surface area (Å²) >= 11 is 1.98. The van der Waals surface area contributed by atoms with Crippen molar-refractivity contribution in [3.63, 3.8) is 0 Å². The Balaban J connectivity index is 2.35. The van der Waals surface area contributed by atoms with Crippen molar-refractivity contribution in [3.8, 4) is 0 Å². The highest BCUT2D eigenvalue weighted by Gasteiger charge is 2.25. The fourth-order valence-electron chi connectivity index (χ4n) is 2.03. The number of carbonyl (C=O) groups is 1. The third kappa shape index (κ3) is 4.34. The molecule has 0 radical (unpaired) electrons. The van der Waals surface area contributed by atoms with Crippen LogP contribution in [0.5, 0.6) is 0 Å². The molecular weight excluding hydrogens is 220 g/mol. The Hall–Kier alpha value is -0.220. The largest absolute Gasteiger partial charge is 0.341 e. The Morgan fingerprint density at radius 3 is 2.50 bits per heavy atom. The Kier molecular flexibility index (Phi) is 5.62. The molecule has 0 aromatic carbocycles. The zero-order chi connectivity index (χ0) is 12.1. The van der Waals surface area contributed by atoms with E-state index < -0.39 is 0 Å². The zero-order valence-electron chi connectivity index (χ0n) is 10.6. The molecule has 0 aliphatic carbocycles. The van der Waals surface area contributed by atoms with E-state index in [1.54, 1.807) is 0 Å². The van der Waals surface area contributed by atoms with Gasteiger partial charge in [-0.2, -0.15) is 11.8 Å². The number of carbonyl (C=O) groups excluding carboxylic acids is 1. The molecule has 1 amide bonds. The summed E-state index contributed by atoms with van der Waals surface area (Å²) in [6.07, 6.45) is 1.57. The van der Waals surface area contributed by atoms with Gasteiger partial charge in [-0.25, -0.2) is 0 Å². The first kappa shape index (κ1) is 13.8. The van der Waals surface area contributed by atoms with E-state index in [0.29, 0.717) is 35.3 Å². The van der Waals surface area contributed by atoms with E-state index in [9.17, 15) is 4.79 Å². The molecule has 1 aliphatic rings. The van der Waals surface area contributed by atoms with Crippen LogP contribution < -0.4 is 5.73 Å². The summed E-state index contributed by atoms with van der Waals surface area (Å²) in [5.74, 6) is 0.761. The average molecular weight is 244 g/mol. The number of amides is 1. The molecule has 1 rings (SSSR count). The molecule has 3 unspecified atom stereocenters. The molecule has 0 aromatic rings. The normalized spacial score (nSPS) is 27.9. The van der Waals surface area contributed by atoms with Crippen LogP contribution in [0.2, 0.25) is 0 Å². The van der Waals surface area contributed by atoms with E-state index in [1.165, 1.54) is 0 Å². The van der Waals surface area contributed by atoms with Gasteiger partial charge in [0.25, 0.3) is 0 Å². The van der Waals surface area contributed by atoms with Gasteiger partial charge in [-0.05, 0) is 18.9 Å². The molecule has 94 valence electrons. The van der Waals surface area contributed by atoms with Gasteiger partial charge >= 0.3 is 0 Å². The van der Waals surface area contributed by atoms with Crippen LogP contribution in [0.25, 0.3) is 0 Å². The van der Waals surface area contributed by atoms with Crippen molar-refractivity contribution in [1.29, 1.82) is 0 Å². The van der Waals surface area contributed by atoms with E-state index in [4.69, 9.17) is 5.73 Å². The van der Waals surface area contributed by atoms with E-state index in [2.05, 4.69) is 20.8 Å². The highest BCUT2D eigenvalue weighted by molar-refractivity contribution is 8.00. The third-order valence-electron chi connectivity index (χ3n) is 3.03. The van der Waals surface area contributed by atoms with Crippen LogP contribution >= 0.6 is 11.8 Å². The van der Waals surface area contributed by atoms with Crippen molar-refractivity contribution in [2.24, 2.45) is 11.7 Å². The van der Waals surface area contributed by atoms with Crippen LogP contribution in [-0.4, -0.2) is 40.9 Å². The topological polar surface area (TPSA) is 46.3 Å². The molecule has 0 aromatic heterocycles. The first-order valence-electron chi connectivity index (χ1n) is 6.16. The van der Waals surface area contributed by atoms with Crippen LogP contribution in [0.15, 0.2) is 0 Å². The van der Waals surface area contributed by atoms with Crippen molar-refractivity contribution in [2.75, 3.05) is 19.6 Å². The monoisotopic (exact) mass is 244 g/mol. The quantitative estimate of drug-likeness (QED) is 0.819. The van der Waals surface area contributed by atoms with Crippen molar-refractivity contribution in [2.45, 2.75) is 44.1 Å². The van der Waals surface area contributed by atoms with Gasteiger partial charge in [0.05, 0.1) is 0 Å². The molecule has 1 saturated heterocycles. The van der Waals surface area contributed by atoms with E-state index in [0.717, 1.165) is 19.5 Å². The maximum Gasteiger partial charge on any atom is 0.222 e. The molecule has 1 fully saturated rings. The van der Waals surface area contributed by atoms with E-state index in [1.807, 2.05) is 16.7 Å². The highest BCUT2D eigenvalue weighted by atomic mass is 32.2. The van der Waals surface area contributed by atoms with Gasteiger partial charge in [0.15, 0.2) is 0 Å². The first-order chi connectivity index (χ1) is 7.52. The SMILES string of the molecule is CC(CN)CCC(=O)N1CC(C)SC(C)C1. The number of rotatable bonds is 4. The van der Waals surface area contributed by atoms with Crippen molar-refractivity contribution < 1.29 is 4.79 Å². The van der Waals surface area contributed by atoms with Crippen LogP contribution in [0, 0.1) is 5.92 Å². The minimum Gasteiger partial charge on any atom is -0.341 e. The van der Waals surface area contributed by atoms with Crippen LogP contribution in [0.1, 0.15) is 33.6 Å². The van der Waals surface area contributed by atoms with E-state index >= 15 is 0 Å². The fraction of sp³-hybridized carbons (Fsp3) is 0.917. The molecule has 2 N–H and O–H groups in total. The average Bonchev–Trinajstić information content (AvgIpc) is 2.23. The number of thioether (sulfide) groups is 1. The lowest BCUT2D eigenvalue weighted by Gasteiger charge is -2.34. The van der Waals surface area contributed by atoms with Crippen LogP contribution in [-0.2, 0) is 4.79 Å². The maximum absolute atomic E-state index is 12.0. The van der Waals surface area contributed by atoms with E-state index in [-0.39, 0.29) is 0 Å². The fourth-order valence-corrected chi connectivity index (χ4v) is 3.35. The summed E-state index contributed by atoms with van der Waals surface area (Å²) in [6, 6.07) is 0. The minimum atomic E-state index is 0.305. The molecule has 0 bridgehead atoms. The Morgan fingerprint density at radius 2 is 2.00 bits per heavy atom. The molecular formula is C12H24N2OS. The lowest BCUT2D eigenvalue weighted by molar-refractivity contribution is -0.131. The summed E-state index contributed by atoms with van der Waals surface area (Å²) in [4.78, 5) is 14.0. The van der Waals surface area contributed by atoms with Crippen molar-refractivity contribution >= 4 is 17.7 Å². The minimum absolute atomic E-state index is 0.305. The lowest BCUT2D eigenvalue weighted by atomic mass is 10.1. The molecule has 0 spiro atoms. The summed E-state index contributed by atoms with van der Waals surface area (Å²) in [6.45, 7) is 8.99. The molecule has 3 nitrogen and oxygen atoms in total. The molecule has 16 heavy (non-hydrogen) atoms. The smallest absolute Gasteiger partial charge is 0.222 e. The molecule has 1 heterocycles. The van der Waals surface area contributed by atoms with Crippen molar-refractivity contribution in [3.05, 3.63) is 0 Å². The molecule has 3 atom stereocenters. The highest BCUT2D eigenvalue weighted by Crippen LogP contribution is 2.25. The standard InChI is InChI=1S/C12H24N2OS/c1-9(6-13)4-5-12(15)14-7-10(2)16-11(3)8-14/h9-11H,4-8,13H2,1-3H3. The molecule has 0 saturated carbocycles. The van der Waals surface area contributed by atoms with Gasteiger partial charge in [-0.15, -0.1) is 0 Å². The Labute approximate surface area is 103 Å². The second kappa shape index (κ2) is 6.50. The first-order valence-corrected chi connectivity index (χ1v) is 7.10. The Bertz CT molecular complexity index is 225. The summed E-state index contributed by atoms with van der Waals surface area (Å²) in [7, 11) is 0.